The van der Waals surface area contributed by atoms with Gasteiger partial charge >= 0.3 is 6.03 Å². The van der Waals surface area contributed by atoms with E-state index < -0.39 is 0 Å². The van der Waals surface area contributed by atoms with E-state index >= 15 is 0 Å². The molecule has 0 bridgehead atoms. The number of rotatable bonds is 7. The number of amides is 3. The molecule has 2 aromatic carbocycles. The molecule has 156 valence electrons. The predicted octanol–water partition coefficient (Wildman–Crippen LogP) is 4.18. The van der Waals surface area contributed by atoms with Crippen molar-refractivity contribution in [1.82, 2.24) is 20.0 Å². The predicted molar refractivity (Wildman–Crippen MR) is 119 cm³/mol. The molecule has 0 fully saturated rings. The summed E-state index contributed by atoms with van der Waals surface area (Å²) in [5, 5.41) is 10.9. The Morgan fingerprint density at radius 3 is 2.40 bits per heavy atom. The van der Waals surface area contributed by atoms with Crippen molar-refractivity contribution < 1.29 is 9.59 Å². The number of nitrogens with zero attached hydrogens (tertiary/aromatic N) is 3. The van der Waals surface area contributed by atoms with Gasteiger partial charge in [0.15, 0.2) is 0 Å². The maximum atomic E-state index is 12.7. The highest BCUT2D eigenvalue weighted by Gasteiger charge is 2.18. The molecule has 8 heteroatoms. The molecule has 0 saturated carbocycles. The van der Waals surface area contributed by atoms with Gasteiger partial charge in [0.2, 0.25) is 5.91 Å². The summed E-state index contributed by atoms with van der Waals surface area (Å²) >= 11 is 6.01. The van der Waals surface area contributed by atoms with E-state index in [0.717, 1.165) is 16.9 Å². The van der Waals surface area contributed by atoms with Crippen LogP contribution in [0.25, 0.3) is 16.9 Å². The number of benzene rings is 2. The topological polar surface area (TPSA) is 79.3 Å². The van der Waals surface area contributed by atoms with Crippen molar-refractivity contribution in [3.8, 4) is 16.9 Å². The van der Waals surface area contributed by atoms with Crippen LogP contribution in [0.1, 0.15) is 13.8 Å². The summed E-state index contributed by atoms with van der Waals surface area (Å²) in [7, 11) is 0. The highest BCUT2D eigenvalue weighted by molar-refractivity contribution is 6.30. The number of hydrogen-bond donors (Lipinski definition) is 2. The van der Waals surface area contributed by atoms with Crippen molar-refractivity contribution in [2.45, 2.75) is 13.8 Å². The molecule has 1 heterocycles. The van der Waals surface area contributed by atoms with Crippen molar-refractivity contribution >= 4 is 29.4 Å². The van der Waals surface area contributed by atoms with Crippen molar-refractivity contribution in [2.24, 2.45) is 0 Å². The first-order valence-electron chi connectivity index (χ1n) is 9.75. The monoisotopic (exact) mass is 425 g/mol. The Morgan fingerprint density at radius 1 is 1.07 bits per heavy atom. The molecule has 0 aliphatic rings. The van der Waals surface area contributed by atoms with Crippen LogP contribution in [0.15, 0.2) is 60.7 Å². The van der Waals surface area contributed by atoms with E-state index in [9.17, 15) is 9.59 Å². The molecule has 7 nitrogen and oxygen atoms in total. The third-order valence-corrected chi connectivity index (χ3v) is 4.70. The minimum Gasteiger partial charge on any atom is -0.338 e. The molecule has 0 radical (unpaired) electrons. The zero-order valence-corrected chi connectivity index (χ0v) is 17.7. The number of carbonyl (C=O) groups is 2. The van der Waals surface area contributed by atoms with E-state index in [1.165, 1.54) is 4.90 Å². The summed E-state index contributed by atoms with van der Waals surface area (Å²) in [5.74, 6) is 0.200. The zero-order chi connectivity index (χ0) is 21.5. The summed E-state index contributed by atoms with van der Waals surface area (Å²) in [6, 6.07) is 18.4. The summed E-state index contributed by atoms with van der Waals surface area (Å²) in [6.45, 7) is 4.52. The summed E-state index contributed by atoms with van der Waals surface area (Å²) in [5.41, 5.74) is 2.41. The molecule has 3 aromatic rings. The van der Waals surface area contributed by atoms with Gasteiger partial charge in [-0.05, 0) is 38.1 Å². The molecule has 0 spiro atoms. The second-order valence-electron chi connectivity index (χ2n) is 6.57. The van der Waals surface area contributed by atoms with Crippen molar-refractivity contribution in [3.63, 3.8) is 0 Å². The van der Waals surface area contributed by atoms with Gasteiger partial charge < -0.3 is 15.5 Å². The molecule has 3 amide bonds. The van der Waals surface area contributed by atoms with Crippen molar-refractivity contribution in [1.29, 1.82) is 0 Å². The maximum absolute atomic E-state index is 12.7. The quantitative estimate of drug-likeness (QED) is 0.595. The number of anilines is 1. The van der Waals surface area contributed by atoms with Gasteiger partial charge in [-0.15, -0.1) is 0 Å². The molecule has 2 N–H and O–H groups in total. The molecule has 0 atom stereocenters. The highest BCUT2D eigenvalue weighted by atomic mass is 35.5. The summed E-state index contributed by atoms with van der Waals surface area (Å²) in [6.07, 6.45) is 0. The van der Waals surface area contributed by atoms with Gasteiger partial charge in [-0.1, -0.05) is 41.9 Å². The van der Waals surface area contributed by atoms with Crippen LogP contribution in [0.3, 0.4) is 0 Å². The van der Waals surface area contributed by atoms with E-state index in [1.54, 1.807) is 16.8 Å². The average Bonchev–Trinajstić information content (AvgIpc) is 3.17. The zero-order valence-electron chi connectivity index (χ0n) is 16.9. The first kappa shape index (κ1) is 21.4. The van der Waals surface area contributed by atoms with Gasteiger partial charge in [-0.25, -0.2) is 9.48 Å². The molecule has 30 heavy (non-hydrogen) atoms. The molecule has 0 aliphatic carbocycles. The van der Waals surface area contributed by atoms with Gasteiger partial charge in [0.05, 0.1) is 11.4 Å². The van der Waals surface area contributed by atoms with Crippen LogP contribution in [-0.2, 0) is 4.79 Å². The lowest BCUT2D eigenvalue weighted by Crippen LogP contribution is -2.43. The van der Waals surface area contributed by atoms with Crippen LogP contribution in [0, 0.1) is 0 Å². The Kier molecular flexibility index (Phi) is 7.08. The second-order valence-corrected chi connectivity index (χ2v) is 7.00. The van der Waals surface area contributed by atoms with E-state index in [0.29, 0.717) is 23.9 Å². The Morgan fingerprint density at radius 2 is 1.77 bits per heavy atom. The maximum Gasteiger partial charge on any atom is 0.317 e. The van der Waals surface area contributed by atoms with Crippen LogP contribution in [0.2, 0.25) is 5.02 Å². The Bertz CT molecular complexity index is 1000. The average molecular weight is 426 g/mol. The lowest BCUT2D eigenvalue weighted by Gasteiger charge is -2.20. The molecule has 1 aromatic heterocycles. The molecule has 0 unspecified atom stereocenters. The van der Waals surface area contributed by atoms with Crippen LogP contribution >= 0.6 is 11.6 Å². The first-order valence-corrected chi connectivity index (χ1v) is 10.1. The fourth-order valence-electron chi connectivity index (χ4n) is 2.95. The van der Waals surface area contributed by atoms with Gasteiger partial charge in [-0.2, -0.15) is 5.10 Å². The number of urea groups is 1. The van der Waals surface area contributed by atoms with Gasteiger partial charge in [0.25, 0.3) is 0 Å². The molecule has 0 aliphatic heterocycles. The van der Waals surface area contributed by atoms with Crippen LogP contribution < -0.4 is 10.6 Å². The summed E-state index contributed by atoms with van der Waals surface area (Å²) < 4.78 is 1.65. The minimum atomic E-state index is -0.308. The summed E-state index contributed by atoms with van der Waals surface area (Å²) in [4.78, 5) is 26.2. The standard InChI is InChI=1S/C22H24ClN5O2/c1-3-24-22(30)27(4-2)15-21(29)25-20-14-19(16-8-6-5-7-9-16)26-28(20)18-12-10-17(23)11-13-18/h5-14H,3-4,15H2,1-2H3,(H,24,30)(H,25,29). The molecule has 0 saturated heterocycles. The lowest BCUT2D eigenvalue weighted by atomic mass is 10.1. The second kappa shape index (κ2) is 9.93. The Balaban J connectivity index is 1.88. The van der Waals surface area contributed by atoms with Crippen LogP contribution in [0.4, 0.5) is 10.6 Å². The fraction of sp³-hybridized carbons (Fsp3) is 0.227. The van der Waals surface area contributed by atoms with Gasteiger partial charge in [-0.3, -0.25) is 4.79 Å². The smallest absolute Gasteiger partial charge is 0.317 e. The van der Waals surface area contributed by atoms with Crippen LogP contribution in [-0.4, -0.2) is 46.3 Å². The van der Waals surface area contributed by atoms with E-state index in [4.69, 9.17) is 11.6 Å². The SMILES string of the molecule is CCNC(=O)N(CC)CC(=O)Nc1cc(-c2ccccc2)nn1-c1ccc(Cl)cc1. The largest absolute Gasteiger partial charge is 0.338 e. The number of likely N-dealkylation sites (N-methyl/N-ethyl adjacent to an activating group) is 1. The van der Waals surface area contributed by atoms with E-state index in [2.05, 4.69) is 15.7 Å². The lowest BCUT2D eigenvalue weighted by molar-refractivity contribution is -0.116. The normalized spacial score (nSPS) is 10.5. The number of aromatic nitrogens is 2. The Hall–Kier alpha value is -3.32. The number of hydrogen-bond acceptors (Lipinski definition) is 3. The van der Waals surface area contributed by atoms with Crippen molar-refractivity contribution in [3.05, 3.63) is 65.7 Å². The van der Waals surface area contributed by atoms with Crippen molar-refractivity contribution in [2.75, 3.05) is 25.0 Å². The molecule has 3 rings (SSSR count). The van der Waals surface area contributed by atoms with Crippen LogP contribution in [0.5, 0.6) is 0 Å². The number of halogens is 1. The molecular formula is C22H24ClN5O2. The molecular weight excluding hydrogens is 402 g/mol. The van der Waals surface area contributed by atoms with Gasteiger partial charge in [0.1, 0.15) is 12.4 Å². The third-order valence-electron chi connectivity index (χ3n) is 4.45. The highest BCUT2D eigenvalue weighted by Crippen LogP contribution is 2.25. The van der Waals surface area contributed by atoms with E-state index in [-0.39, 0.29) is 18.5 Å². The fourth-order valence-corrected chi connectivity index (χ4v) is 3.07. The third kappa shape index (κ3) is 5.18. The Labute approximate surface area is 180 Å². The minimum absolute atomic E-state index is 0.0607. The first-order chi connectivity index (χ1) is 14.5. The van der Waals surface area contributed by atoms with Gasteiger partial charge in [0, 0.05) is 29.7 Å². The number of nitrogens with one attached hydrogen (secondary N) is 2. The van der Waals surface area contributed by atoms with E-state index in [1.807, 2.05) is 62.4 Å². The number of carbonyl (C=O) groups excluding carboxylic acids is 2.